The molecule has 1 aliphatic rings. The molecular weight excluding hydrogens is 343 g/mol. The number of phosphoric ester groups is 1. The third kappa shape index (κ3) is 3.34. The lowest BCUT2D eigenvalue weighted by Crippen LogP contribution is -2.25. The molecule has 2 aromatic heterocycles. The average molecular weight is 360 g/mol. The largest absolute Gasteiger partial charge is 0.469 e. The fourth-order valence-corrected chi connectivity index (χ4v) is 2.81. The van der Waals surface area contributed by atoms with E-state index in [2.05, 4.69) is 24.8 Å². The minimum Gasteiger partial charge on any atom is -0.390 e. The average Bonchev–Trinajstić information content (AvgIpc) is 3.08. The molecule has 3 heterocycles. The number of nitrogen functional groups attached to an aromatic ring is 1. The predicted octanol–water partition coefficient (Wildman–Crippen LogP) is -0.792. The maximum atomic E-state index is 10.8. The van der Waals surface area contributed by atoms with Crippen LogP contribution < -0.4 is 11.1 Å². The second kappa shape index (κ2) is 6.24. The van der Waals surface area contributed by atoms with Gasteiger partial charge in [0.1, 0.15) is 17.8 Å². The predicted molar refractivity (Wildman–Crippen MR) is 81.8 cm³/mol. The first-order valence-electron chi connectivity index (χ1n) is 7.00. The number of fused-ring (bicyclic) bond motifs is 1. The van der Waals surface area contributed by atoms with E-state index in [-0.39, 0.29) is 12.2 Å². The number of aromatic nitrogens is 4. The smallest absolute Gasteiger partial charge is 0.390 e. The van der Waals surface area contributed by atoms with Gasteiger partial charge < -0.3 is 30.7 Å². The Hall–Kier alpha value is -1.82. The van der Waals surface area contributed by atoms with Crippen LogP contribution in [0.25, 0.3) is 11.2 Å². The van der Waals surface area contributed by atoms with E-state index >= 15 is 0 Å². The topological polar surface area (TPSA) is 178 Å². The Labute approximate surface area is 135 Å². The number of aliphatic hydroxyl groups is 1. The lowest BCUT2D eigenvalue weighted by atomic mass is 10.2. The summed E-state index contributed by atoms with van der Waals surface area (Å²) in [6.45, 7) is -0.437. The van der Waals surface area contributed by atoms with Crippen molar-refractivity contribution in [1.29, 1.82) is 0 Å². The van der Waals surface area contributed by atoms with Crippen LogP contribution in [0.5, 0.6) is 0 Å². The molecule has 0 radical (unpaired) electrons. The van der Waals surface area contributed by atoms with Crippen molar-refractivity contribution in [2.75, 3.05) is 24.7 Å². The van der Waals surface area contributed by atoms with Crippen molar-refractivity contribution in [3.63, 3.8) is 0 Å². The summed E-state index contributed by atoms with van der Waals surface area (Å²) in [4.78, 5) is 29.9. The Bertz CT molecular complexity index is 793. The Morgan fingerprint density at radius 2 is 2.29 bits per heavy atom. The third-order valence-corrected chi connectivity index (χ3v) is 4.08. The third-order valence-electron chi connectivity index (χ3n) is 3.59. The Morgan fingerprint density at radius 3 is 2.96 bits per heavy atom. The van der Waals surface area contributed by atoms with E-state index < -0.39 is 32.9 Å². The van der Waals surface area contributed by atoms with Gasteiger partial charge in [0, 0.05) is 13.5 Å². The second-order valence-corrected chi connectivity index (χ2v) is 6.46. The standard InChI is InChI=1S/C11H17N6O6P/c1-13-11-15-9(12)8-10(16-11)17(4-14-8)7-2-5(18)6(23-7)3-22-24(19,20)21/h4-7,18H,2-3H2,1H3,(H2,19,20,21)(H3,12,13,15,16)/t5-,6+,7+/m0/s1. The van der Waals surface area contributed by atoms with E-state index in [1.807, 2.05) is 0 Å². The lowest BCUT2D eigenvalue weighted by molar-refractivity contribution is -0.0424. The lowest BCUT2D eigenvalue weighted by Gasteiger charge is -2.16. The summed E-state index contributed by atoms with van der Waals surface area (Å²) < 4.78 is 22.4. The van der Waals surface area contributed by atoms with Crippen LogP contribution in [0.15, 0.2) is 6.33 Å². The number of nitrogens with one attached hydrogen (secondary N) is 1. The molecule has 0 bridgehead atoms. The SMILES string of the molecule is CNc1nc(N)c2ncn([C@H]3C[C@H](O)[C@@H](COP(=O)(O)O)O3)c2n1. The molecule has 3 rings (SSSR count). The monoisotopic (exact) mass is 360 g/mol. The number of nitrogens with two attached hydrogens (primary N) is 1. The van der Waals surface area contributed by atoms with E-state index in [0.29, 0.717) is 17.1 Å². The van der Waals surface area contributed by atoms with Crippen molar-refractivity contribution in [2.45, 2.75) is 24.9 Å². The number of hydrogen-bond donors (Lipinski definition) is 5. The van der Waals surface area contributed by atoms with Crippen molar-refractivity contribution in [2.24, 2.45) is 0 Å². The minimum atomic E-state index is -4.64. The Balaban J connectivity index is 1.84. The highest BCUT2D eigenvalue weighted by atomic mass is 31.2. The van der Waals surface area contributed by atoms with Crippen LogP contribution in [-0.4, -0.2) is 60.3 Å². The van der Waals surface area contributed by atoms with Crippen molar-refractivity contribution < 1.29 is 28.7 Å². The molecule has 1 fully saturated rings. The van der Waals surface area contributed by atoms with E-state index in [4.69, 9.17) is 20.3 Å². The number of nitrogens with zero attached hydrogens (tertiary/aromatic N) is 4. The van der Waals surface area contributed by atoms with Crippen molar-refractivity contribution >= 4 is 30.8 Å². The van der Waals surface area contributed by atoms with Gasteiger partial charge in [-0.1, -0.05) is 0 Å². The fourth-order valence-electron chi connectivity index (χ4n) is 2.47. The van der Waals surface area contributed by atoms with Gasteiger partial charge in [0.2, 0.25) is 5.95 Å². The van der Waals surface area contributed by atoms with Gasteiger partial charge in [-0.2, -0.15) is 9.97 Å². The van der Waals surface area contributed by atoms with Crippen LogP contribution in [0.2, 0.25) is 0 Å². The number of hydrogen-bond acceptors (Lipinski definition) is 9. The molecule has 132 valence electrons. The van der Waals surface area contributed by atoms with Gasteiger partial charge in [-0.05, 0) is 0 Å². The normalized spacial score (nSPS) is 24.6. The summed E-state index contributed by atoms with van der Waals surface area (Å²) in [7, 11) is -2.99. The van der Waals surface area contributed by atoms with Crippen molar-refractivity contribution in [3.05, 3.63) is 6.33 Å². The number of aliphatic hydroxyl groups excluding tert-OH is 1. The molecular formula is C11H17N6O6P. The van der Waals surface area contributed by atoms with Crippen molar-refractivity contribution in [3.8, 4) is 0 Å². The molecule has 0 aliphatic carbocycles. The van der Waals surface area contributed by atoms with Gasteiger partial charge in [0.05, 0.1) is 19.0 Å². The molecule has 2 aromatic rings. The highest BCUT2D eigenvalue weighted by Gasteiger charge is 2.37. The summed E-state index contributed by atoms with van der Waals surface area (Å²) in [6, 6.07) is 0. The molecule has 6 N–H and O–H groups in total. The van der Waals surface area contributed by atoms with E-state index in [9.17, 15) is 9.67 Å². The molecule has 13 heteroatoms. The van der Waals surface area contributed by atoms with Crippen LogP contribution in [-0.2, 0) is 13.8 Å². The maximum Gasteiger partial charge on any atom is 0.469 e. The summed E-state index contributed by atoms with van der Waals surface area (Å²) in [5.41, 5.74) is 6.64. The van der Waals surface area contributed by atoms with Gasteiger partial charge in [-0.25, -0.2) is 9.55 Å². The number of phosphoric acid groups is 1. The van der Waals surface area contributed by atoms with Crippen LogP contribution in [0.4, 0.5) is 11.8 Å². The van der Waals surface area contributed by atoms with E-state index in [1.54, 1.807) is 11.6 Å². The van der Waals surface area contributed by atoms with Gasteiger partial charge in [-0.15, -0.1) is 0 Å². The molecule has 3 atom stereocenters. The number of rotatable bonds is 5. The molecule has 24 heavy (non-hydrogen) atoms. The van der Waals surface area contributed by atoms with Crippen molar-refractivity contribution in [1.82, 2.24) is 19.5 Å². The molecule has 0 unspecified atom stereocenters. The maximum absolute atomic E-state index is 10.8. The van der Waals surface area contributed by atoms with Gasteiger partial charge in [0.15, 0.2) is 11.5 Å². The highest BCUT2D eigenvalue weighted by Crippen LogP contribution is 2.38. The van der Waals surface area contributed by atoms with Crippen LogP contribution in [0.1, 0.15) is 12.6 Å². The number of imidazole rings is 1. The molecule has 0 saturated carbocycles. The van der Waals surface area contributed by atoms with Crippen LogP contribution >= 0.6 is 7.82 Å². The summed E-state index contributed by atoms with van der Waals surface area (Å²) in [5, 5.41) is 12.8. The first-order chi connectivity index (χ1) is 11.3. The van der Waals surface area contributed by atoms with Crippen LogP contribution in [0.3, 0.4) is 0 Å². The number of ether oxygens (including phenoxy) is 1. The van der Waals surface area contributed by atoms with E-state index in [0.717, 1.165) is 0 Å². The molecule has 0 amide bonds. The summed E-state index contributed by atoms with van der Waals surface area (Å²) in [6.07, 6.45) is -0.836. The van der Waals surface area contributed by atoms with Crippen LogP contribution in [0, 0.1) is 0 Å². The van der Waals surface area contributed by atoms with Gasteiger partial charge >= 0.3 is 7.82 Å². The first kappa shape index (κ1) is 17.0. The molecule has 0 spiro atoms. The zero-order valence-electron chi connectivity index (χ0n) is 12.6. The fraction of sp³-hybridized carbons (Fsp3) is 0.545. The molecule has 12 nitrogen and oxygen atoms in total. The highest BCUT2D eigenvalue weighted by molar-refractivity contribution is 7.46. The molecule has 0 aromatic carbocycles. The van der Waals surface area contributed by atoms with Gasteiger partial charge in [-0.3, -0.25) is 9.09 Å². The minimum absolute atomic E-state index is 0.180. The summed E-state index contributed by atoms with van der Waals surface area (Å²) in [5.74, 6) is 0.504. The van der Waals surface area contributed by atoms with Gasteiger partial charge in [0.25, 0.3) is 0 Å². The first-order valence-corrected chi connectivity index (χ1v) is 8.53. The molecule has 1 aliphatic heterocycles. The number of anilines is 2. The Morgan fingerprint density at radius 1 is 1.54 bits per heavy atom. The molecule has 1 saturated heterocycles. The zero-order chi connectivity index (χ0) is 17.5. The summed E-state index contributed by atoms with van der Waals surface area (Å²) >= 11 is 0. The quantitative estimate of drug-likeness (QED) is 0.422. The Kier molecular flexibility index (Phi) is 4.42. The second-order valence-electron chi connectivity index (χ2n) is 5.23. The zero-order valence-corrected chi connectivity index (χ0v) is 13.5. The van der Waals surface area contributed by atoms with E-state index in [1.165, 1.54) is 6.33 Å².